The average Bonchev–Trinajstić information content (AvgIpc) is 3.33. The molecular formula is C37H54CoN2O6. The van der Waals surface area contributed by atoms with Crippen molar-refractivity contribution >= 4 is 24.4 Å². The standard InChI is InChI=1S/C33H48N2O2.2C2H4O2.Co/c1-20(2)22-13-24(30(36)28(15-22)32(5,6)7)18-34-26-11-12-27(17-26)35-19-25-14-23(21(3)4)16-29(31(25)37)33(8,9)10;2*1-2(3)4;/h13-16,18-21,26-27,36-37H,11-12,17H2,1-10H3;2*1H3,(H,3,4);/q;;;+2/p-2. The fourth-order valence-corrected chi connectivity index (χ4v) is 4.94. The number of phenols is 2. The molecule has 2 unspecified atom stereocenters. The molecule has 8 nitrogen and oxygen atoms in total. The molecule has 2 aromatic carbocycles. The van der Waals surface area contributed by atoms with E-state index in [0.717, 1.165) is 55.4 Å². The Balaban J connectivity index is 0.00000201. The van der Waals surface area contributed by atoms with E-state index >= 15 is 0 Å². The molecule has 2 N–H and O–H groups in total. The van der Waals surface area contributed by atoms with Gasteiger partial charge in [0.1, 0.15) is 11.5 Å². The molecule has 9 heteroatoms. The zero-order valence-electron chi connectivity index (χ0n) is 29.7. The molecule has 2 aromatic rings. The van der Waals surface area contributed by atoms with Crippen LogP contribution in [0.3, 0.4) is 0 Å². The van der Waals surface area contributed by atoms with Gasteiger partial charge in [-0.25, -0.2) is 0 Å². The van der Waals surface area contributed by atoms with Crippen LogP contribution in [-0.4, -0.2) is 46.7 Å². The molecule has 257 valence electrons. The Morgan fingerprint density at radius 1 is 0.717 bits per heavy atom. The number of phenolic OH excluding ortho intramolecular Hbond substituents is 2. The second-order valence-corrected chi connectivity index (χ2v) is 14.5. The van der Waals surface area contributed by atoms with Crippen LogP contribution in [0.4, 0.5) is 0 Å². The average molecular weight is 682 g/mol. The van der Waals surface area contributed by atoms with Crippen molar-refractivity contribution in [3.8, 4) is 11.5 Å². The van der Waals surface area contributed by atoms with Gasteiger partial charge >= 0.3 is 16.8 Å². The Hall–Kier alpha value is -3.17. The summed E-state index contributed by atoms with van der Waals surface area (Å²) >= 11 is 0. The minimum Gasteiger partial charge on any atom is -0.550 e. The third-order valence-corrected chi connectivity index (χ3v) is 7.50. The van der Waals surface area contributed by atoms with E-state index in [0.29, 0.717) is 23.3 Å². The van der Waals surface area contributed by atoms with E-state index < -0.39 is 11.9 Å². The maximum absolute atomic E-state index is 11.0. The minimum absolute atomic E-state index is 0. The number of benzene rings is 2. The van der Waals surface area contributed by atoms with Gasteiger partial charge in [0, 0.05) is 46.6 Å². The summed E-state index contributed by atoms with van der Waals surface area (Å²) in [5.41, 5.74) is 5.68. The number of rotatable bonds is 6. The van der Waals surface area contributed by atoms with E-state index in [1.165, 1.54) is 11.1 Å². The maximum atomic E-state index is 11.0. The number of aliphatic imine (C=N–C) groups is 2. The molecule has 0 saturated heterocycles. The molecule has 1 aliphatic carbocycles. The van der Waals surface area contributed by atoms with Gasteiger partial charge in [0.25, 0.3) is 0 Å². The molecule has 1 fully saturated rings. The SMILES string of the molecule is CC(=O)[O-].CC(=O)[O-].CC(C)c1cc(C=NC2CCC(N=Cc3cc(C(C)C)cc(C(C)(C)C)c3O)C2)c(O)c(C(C)(C)C)c1.[Co+2]. The summed E-state index contributed by atoms with van der Waals surface area (Å²) in [5.74, 6) is -0.737. The number of carboxylic acids is 2. The van der Waals surface area contributed by atoms with E-state index in [9.17, 15) is 10.2 Å². The number of nitrogens with zero attached hydrogens (tertiary/aromatic N) is 2. The summed E-state index contributed by atoms with van der Waals surface area (Å²) in [5, 5.41) is 39.8. The van der Waals surface area contributed by atoms with Crippen LogP contribution in [-0.2, 0) is 37.2 Å². The first kappa shape index (κ1) is 42.8. The third-order valence-electron chi connectivity index (χ3n) is 7.50. The summed E-state index contributed by atoms with van der Waals surface area (Å²) in [6.45, 7) is 23.4. The van der Waals surface area contributed by atoms with Crippen molar-refractivity contribution in [2.24, 2.45) is 9.98 Å². The number of hydrogen-bond acceptors (Lipinski definition) is 8. The first-order valence-corrected chi connectivity index (χ1v) is 15.7. The Morgan fingerprint density at radius 2 is 1.00 bits per heavy atom. The first-order chi connectivity index (χ1) is 20.5. The predicted octanol–water partition coefficient (Wildman–Crippen LogP) is 5.91. The number of carbonyl (C=O) groups excluding carboxylic acids is 2. The number of aliphatic carboxylic acids is 2. The Morgan fingerprint density at radius 3 is 1.24 bits per heavy atom. The molecule has 0 heterocycles. The van der Waals surface area contributed by atoms with Gasteiger partial charge in [-0.2, -0.15) is 0 Å². The van der Waals surface area contributed by atoms with Gasteiger partial charge in [0.2, 0.25) is 0 Å². The second kappa shape index (κ2) is 18.2. The normalized spacial score (nSPS) is 16.6. The fraction of sp³-hybridized carbons (Fsp3) is 0.568. The fourth-order valence-electron chi connectivity index (χ4n) is 4.94. The number of carbonyl (C=O) groups is 2. The molecule has 0 aliphatic heterocycles. The minimum atomic E-state index is -1.08. The van der Waals surface area contributed by atoms with E-state index in [1.54, 1.807) is 0 Å². The van der Waals surface area contributed by atoms with Crippen LogP contribution in [0.25, 0.3) is 0 Å². The first-order valence-electron chi connectivity index (χ1n) is 15.7. The third kappa shape index (κ3) is 14.1. The van der Waals surface area contributed by atoms with Crippen molar-refractivity contribution in [3.63, 3.8) is 0 Å². The topological polar surface area (TPSA) is 145 Å². The van der Waals surface area contributed by atoms with Gasteiger partial charge in [-0.05, 0) is 79.0 Å². The summed E-state index contributed by atoms with van der Waals surface area (Å²) in [6, 6.07) is 8.77. The molecular weight excluding hydrogens is 627 g/mol. The quantitative estimate of drug-likeness (QED) is 0.363. The predicted molar refractivity (Wildman–Crippen MR) is 180 cm³/mol. The van der Waals surface area contributed by atoms with Crippen LogP contribution >= 0.6 is 0 Å². The largest absolute Gasteiger partial charge is 2.00 e. The van der Waals surface area contributed by atoms with Crippen LogP contribution in [0.1, 0.15) is 148 Å². The Kier molecular flexibility index (Phi) is 17.0. The van der Waals surface area contributed by atoms with Gasteiger partial charge in [0.15, 0.2) is 0 Å². The molecule has 1 saturated carbocycles. The van der Waals surface area contributed by atoms with E-state index in [-0.39, 0.29) is 39.7 Å². The smallest absolute Gasteiger partial charge is 0.550 e. The van der Waals surface area contributed by atoms with Crippen molar-refractivity contribution in [2.75, 3.05) is 0 Å². The molecule has 0 amide bonds. The van der Waals surface area contributed by atoms with Gasteiger partial charge < -0.3 is 30.0 Å². The Labute approximate surface area is 286 Å². The molecule has 2 atom stereocenters. The monoisotopic (exact) mass is 681 g/mol. The number of hydrogen-bond donors (Lipinski definition) is 2. The molecule has 0 aromatic heterocycles. The maximum Gasteiger partial charge on any atom is 2.00 e. The van der Waals surface area contributed by atoms with Crippen molar-refractivity contribution < 1.29 is 46.8 Å². The van der Waals surface area contributed by atoms with Crippen LogP contribution in [0.2, 0.25) is 0 Å². The van der Waals surface area contributed by atoms with Crippen LogP contribution in [0.5, 0.6) is 11.5 Å². The number of carboxylic acid groups (broad SMARTS) is 2. The molecule has 1 radical (unpaired) electrons. The second-order valence-electron chi connectivity index (χ2n) is 14.5. The molecule has 3 rings (SSSR count). The van der Waals surface area contributed by atoms with Crippen LogP contribution in [0, 0.1) is 0 Å². The summed E-state index contributed by atoms with van der Waals surface area (Å²) in [6.07, 6.45) is 6.54. The van der Waals surface area contributed by atoms with Gasteiger partial charge in [-0.3, -0.25) is 9.98 Å². The van der Waals surface area contributed by atoms with E-state index in [2.05, 4.69) is 93.5 Å². The van der Waals surface area contributed by atoms with Crippen LogP contribution < -0.4 is 10.2 Å². The van der Waals surface area contributed by atoms with Crippen molar-refractivity contribution in [2.45, 2.75) is 137 Å². The summed E-state index contributed by atoms with van der Waals surface area (Å²) in [4.78, 5) is 27.5. The van der Waals surface area contributed by atoms with Crippen LogP contribution in [0.15, 0.2) is 34.3 Å². The van der Waals surface area contributed by atoms with Gasteiger partial charge in [0.05, 0.1) is 12.1 Å². The molecule has 46 heavy (non-hydrogen) atoms. The molecule has 1 aliphatic rings. The zero-order valence-corrected chi connectivity index (χ0v) is 30.7. The van der Waals surface area contributed by atoms with Crippen molar-refractivity contribution in [3.05, 3.63) is 57.6 Å². The number of aromatic hydroxyl groups is 2. The van der Waals surface area contributed by atoms with Crippen molar-refractivity contribution in [1.29, 1.82) is 0 Å². The summed E-state index contributed by atoms with van der Waals surface area (Å²) < 4.78 is 0. The van der Waals surface area contributed by atoms with Gasteiger partial charge in [-0.1, -0.05) is 81.4 Å². The molecule has 0 spiro atoms. The van der Waals surface area contributed by atoms with Crippen molar-refractivity contribution in [1.82, 2.24) is 0 Å². The van der Waals surface area contributed by atoms with E-state index in [1.807, 2.05) is 12.4 Å². The van der Waals surface area contributed by atoms with E-state index in [4.69, 9.17) is 29.8 Å². The molecule has 0 bridgehead atoms. The zero-order chi connectivity index (χ0) is 34.9. The Bertz CT molecular complexity index is 1260. The van der Waals surface area contributed by atoms with Gasteiger partial charge in [-0.15, -0.1) is 0 Å². The summed E-state index contributed by atoms with van der Waals surface area (Å²) in [7, 11) is 0.